The summed E-state index contributed by atoms with van der Waals surface area (Å²) in [5, 5.41) is 10.3. The zero-order chi connectivity index (χ0) is 11.5. The minimum atomic E-state index is -0.226. The van der Waals surface area contributed by atoms with Gasteiger partial charge in [-0.25, -0.2) is 0 Å². The average Bonchev–Trinajstić information content (AvgIpc) is 2.57. The highest BCUT2D eigenvalue weighted by molar-refractivity contribution is 5.34. The summed E-state index contributed by atoms with van der Waals surface area (Å²) in [6.07, 6.45) is 4.52. The van der Waals surface area contributed by atoms with Crippen LogP contribution in [0.25, 0.3) is 0 Å². The lowest BCUT2D eigenvalue weighted by Crippen LogP contribution is -2.11. The van der Waals surface area contributed by atoms with Gasteiger partial charge in [-0.15, -0.1) is 0 Å². The van der Waals surface area contributed by atoms with Gasteiger partial charge in [0.05, 0.1) is 6.10 Å². The summed E-state index contributed by atoms with van der Waals surface area (Å²) >= 11 is 0. The molecule has 0 saturated heterocycles. The molecule has 0 spiro atoms. The van der Waals surface area contributed by atoms with E-state index >= 15 is 0 Å². The van der Waals surface area contributed by atoms with Crippen LogP contribution in [0.15, 0.2) is 24.3 Å². The van der Waals surface area contributed by atoms with Crippen molar-refractivity contribution in [3.63, 3.8) is 0 Å². The molecule has 0 bridgehead atoms. The van der Waals surface area contributed by atoms with E-state index in [0.29, 0.717) is 5.92 Å². The predicted molar refractivity (Wildman–Crippen MR) is 67.3 cm³/mol. The zero-order valence-electron chi connectivity index (χ0n) is 10.3. The quantitative estimate of drug-likeness (QED) is 0.816. The first-order valence-electron chi connectivity index (χ1n) is 6.48. The van der Waals surface area contributed by atoms with Crippen molar-refractivity contribution in [3.05, 3.63) is 35.4 Å². The van der Waals surface area contributed by atoms with Gasteiger partial charge < -0.3 is 5.11 Å². The van der Waals surface area contributed by atoms with Crippen LogP contribution in [0.4, 0.5) is 0 Å². The molecule has 16 heavy (non-hydrogen) atoms. The molecule has 0 saturated carbocycles. The number of fused-ring (bicyclic) bond motifs is 1. The van der Waals surface area contributed by atoms with E-state index in [9.17, 15) is 5.11 Å². The Morgan fingerprint density at radius 1 is 1.38 bits per heavy atom. The Labute approximate surface area is 98.5 Å². The monoisotopic (exact) mass is 218 g/mol. The van der Waals surface area contributed by atoms with Crippen molar-refractivity contribution in [1.82, 2.24) is 0 Å². The van der Waals surface area contributed by atoms with Crippen molar-refractivity contribution in [3.8, 4) is 0 Å². The maximum atomic E-state index is 10.3. The minimum Gasteiger partial charge on any atom is -0.388 e. The first-order valence-corrected chi connectivity index (χ1v) is 6.48. The number of hydrogen-bond donors (Lipinski definition) is 1. The van der Waals surface area contributed by atoms with Gasteiger partial charge in [-0.3, -0.25) is 0 Å². The van der Waals surface area contributed by atoms with Crippen LogP contribution in [0.5, 0.6) is 0 Å². The van der Waals surface area contributed by atoms with Gasteiger partial charge in [0.1, 0.15) is 0 Å². The Morgan fingerprint density at radius 2 is 2.12 bits per heavy atom. The summed E-state index contributed by atoms with van der Waals surface area (Å²) in [7, 11) is 0. The summed E-state index contributed by atoms with van der Waals surface area (Å²) in [6.45, 7) is 4.54. The number of rotatable bonds is 4. The molecule has 0 aromatic heterocycles. The fourth-order valence-corrected chi connectivity index (χ4v) is 3.00. The molecule has 1 aliphatic carbocycles. The third kappa shape index (κ3) is 2.30. The van der Waals surface area contributed by atoms with Crippen LogP contribution < -0.4 is 0 Å². The van der Waals surface area contributed by atoms with Crippen molar-refractivity contribution in [2.75, 3.05) is 0 Å². The molecule has 0 heterocycles. The SMILES string of the molecule is CCCC(C)CC1Cc2ccccc2C1O. The fraction of sp³-hybridized carbons (Fsp3) is 0.600. The fourth-order valence-electron chi connectivity index (χ4n) is 3.00. The molecule has 1 heteroatoms. The van der Waals surface area contributed by atoms with Crippen LogP contribution in [0.2, 0.25) is 0 Å². The molecule has 1 N–H and O–H groups in total. The van der Waals surface area contributed by atoms with Gasteiger partial charge in [0, 0.05) is 0 Å². The van der Waals surface area contributed by atoms with Gasteiger partial charge in [-0.1, -0.05) is 51.0 Å². The van der Waals surface area contributed by atoms with Crippen LogP contribution in [-0.4, -0.2) is 5.11 Å². The van der Waals surface area contributed by atoms with Gasteiger partial charge in [-0.2, -0.15) is 0 Å². The van der Waals surface area contributed by atoms with Crippen LogP contribution >= 0.6 is 0 Å². The van der Waals surface area contributed by atoms with Crippen LogP contribution in [0, 0.1) is 11.8 Å². The number of hydrogen-bond acceptors (Lipinski definition) is 1. The summed E-state index contributed by atoms with van der Waals surface area (Å²) in [4.78, 5) is 0. The highest BCUT2D eigenvalue weighted by Gasteiger charge is 2.31. The highest BCUT2D eigenvalue weighted by Crippen LogP contribution is 2.39. The normalized spacial score (nSPS) is 25.4. The Kier molecular flexibility index (Phi) is 3.65. The molecule has 1 aromatic rings. The molecule has 1 aromatic carbocycles. The Bertz CT molecular complexity index is 345. The van der Waals surface area contributed by atoms with E-state index in [0.717, 1.165) is 24.3 Å². The molecular formula is C15H22O. The highest BCUT2D eigenvalue weighted by atomic mass is 16.3. The molecule has 0 radical (unpaired) electrons. The summed E-state index contributed by atoms with van der Waals surface area (Å²) in [5.74, 6) is 1.18. The lowest BCUT2D eigenvalue weighted by atomic mass is 9.89. The lowest BCUT2D eigenvalue weighted by molar-refractivity contribution is 0.108. The third-order valence-electron chi connectivity index (χ3n) is 3.79. The maximum absolute atomic E-state index is 10.3. The Morgan fingerprint density at radius 3 is 2.81 bits per heavy atom. The summed E-state index contributed by atoms with van der Waals surface area (Å²) in [6, 6.07) is 8.33. The minimum absolute atomic E-state index is 0.226. The van der Waals surface area contributed by atoms with Crippen LogP contribution in [-0.2, 0) is 6.42 Å². The molecular weight excluding hydrogens is 196 g/mol. The van der Waals surface area contributed by atoms with Gasteiger partial charge in [0.2, 0.25) is 0 Å². The standard InChI is InChI=1S/C15H22O/c1-3-6-11(2)9-13-10-12-7-4-5-8-14(12)15(13)16/h4-5,7-8,11,13,15-16H,3,6,9-10H2,1-2H3. The van der Waals surface area contributed by atoms with Crippen LogP contribution in [0.3, 0.4) is 0 Å². The topological polar surface area (TPSA) is 20.2 Å². The van der Waals surface area contributed by atoms with E-state index in [4.69, 9.17) is 0 Å². The number of aliphatic hydroxyl groups excluding tert-OH is 1. The molecule has 3 unspecified atom stereocenters. The van der Waals surface area contributed by atoms with Crippen molar-refractivity contribution < 1.29 is 5.11 Å². The van der Waals surface area contributed by atoms with E-state index in [-0.39, 0.29) is 6.10 Å². The van der Waals surface area contributed by atoms with Crippen molar-refractivity contribution in [2.45, 2.75) is 45.6 Å². The Balaban J connectivity index is 2.01. The van der Waals surface area contributed by atoms with Gasteiger partial charge in [-0.05, 0) is 35.8 Å². The molecule has 0 fully saturated rings. The molecule has 1 aliphatic rings. The van der Waals surface area contributed by atoms with Crippen LogP contribution in [0.1, 0.15) is 50.3 Å². The van der Waals surface area contributed by atoms with Crippen molar-refractivity contribution >= 4 is 0 Å². The number of benzene rings is 1. The molecule has 3 atom stereocenters. The zero-order valence-corrected chi connectivity index (χ0v) is 10.3. The maximum Gasteiger partial charge on any atom is 0.0824 e. The first kappa shape index (κ1) is 11.7. The predicted octanol–water partition coefficient (Wildman–Crippen LogP) is 3.72. The second-order valence-electron chi connectivity index (χ2n) is 5.24. The van der Waals surface area contributed by atoms with Gasteiger partial charge >= 0.3 is 0 Å². The largest absolute Gasteiger partial charge is 0.388 e. The lowest BCUT2D eigenvalue weighted by Gasteiger charge is -2.19. The van der Waals surface area contributed by atoms with Crippen molar-refractivity contribution in [2.24, 2.45) is 11.8 Å². The van der Waals surface area contributed by atoms with E-state index in [1.807, 2.05) is 6.07 Å². The summed E-state index contributed by atoms with van der Waals surface area (Å²) < 4.78 is 0. The van der Waals surface area contributed by atoms with Gasteiger partial charge in [0.15, 0.2) is 0 Å². The first-order chi connectivity index (χ1) is 7.72. The van der Waals surface area contributed by atoms with E-state index in [1.54, 1.807) is 0 Å². The molecule has 0 amide bonds. The van der Waals surface area contributed by atoms with E-state index < -0.39 is 0 Å². The summed E-state index contributed by atoms with van der Waals surface area (Å²) in [5.41, 5.74) is 2.51. The molecule has 88 valence electrons. The molecule has 0 aliphatic heterocycles. The smallest absolute Gasteiger partial charge is 0.0824 e. The molecule has 1 nitrogen and oxygen atoms in total. The second-order valence-corrected chi connectivity index (χ2v) is 5.24. The Hall–Kier alpha value is -0.820. The van der Waals surface area contributed by atoms with E-state index in [1.165, 1.54) is 18.4 Å². The second kappa shape index (κ2) is 5.01. The average molecular weight is 218 g/mol. The molecule has 2 rings (SSSR count). The van der Waals surface area contributed by atoms with Gasteiger partial charge in [0.25, 0.3) is 0 Å². The van der Waals surface area contributed by atoms with Crippen molar-refractivity contribution in [1.29, 1.82) is 0 Å². The number of aliphatic hydroxyl groups is 1. The van der Waals surface area contributed by atoms with E-state index in [2.05, 4.69) is 32.0 Å². The third-order valence-corrected chi connectivity index (χ3v) is 3.79.